The van der Waals surface area contributed by atoms with E-state index in [1.165, 1.54) is 22.7 Å². The molecule has 25 heavy (non-hydrogen) atoms. The summed E-state index contributed by atoms with van der Waals surface area (Å²) in [6.07, 6.45) is 0.274. The fraction of sp³-hybridized carbons (Fsp3) is 0.400. The molecule has 10 heteroatoms. The molecule has 0 saturated carbocycles. The van der Waals surface area contributed by atoms with Crippen LogP contribution in [0.1, 0.15) is 22.3 Å². The third kappa shape index (κ3) is 5.65. The van der Waals surface area contributed by atoms with Gasteiger partial charge in [-0.15, -0.1) is 47.5 Å². The molecule has 0 unspecified atom stereocenters. The first-order valence-corrected chi connectivity index (χ1v) is 9.19. The molecule has 2 aromatic rings. The monoisotopic (exact) mass is 422 g/mol. The molecule has 1 fully saturated rings. The molecular formula is C15H20Cl2N4O2S2. The summed E-state index contributed by atoms with van der Waals surface area (Å²) in [6.45, 7) is 4.42. The third-order valence-electron chi connectivity index (χ3n) is 3.67. The molecule has 0 aromatic carbocycles. The maximum atomic E-state index is 12.4. The van der Waals surface area contributed by atoms with Crippen LogP contribution in [0.25, 0.3) is 0 Å². The fourth-order valence-corrected chi connectivity index (χ4v) is 3.80. The van der Waals surface area contributed by atoms with Crippen molar-refractivity contribution in [3.05, 3.63) is 33.5 Å². The Morgan fingerprint density at radius 1 is 1.40 bits per heavy atom. The Morgan fingerprint density at radius 2 is 2.20 bits per heavy atom. The summed E-state index contributed by atoms with van der Waals surface area (Å²) in [5.74, 6) is -0.0802. The Balaban J connectivity index is 0.00000156. The standard InChI is InChI=1S/C15H18N4O2S2.2ClH/c1-10-8-16-4-5-19(10)13(20)7-11-9-23-15(17-11)18-14(21)12-3-2-6-22-12;;/h2-3,6,9-10,16H,4-5,7-8H2,1H3,(H,17,18,21);2*1H/t10-;;/m1../s1. The van der Waals surface area contributed by atoms with Gasteiger partial charge >= 0.3 is 0 Å². The van der Waals surface area contributed by atoms with Gasteiger partial charge in [-0.2, -0.15) is 0 Å². The summed E-state index contributed by atoms with van der Waals surface area (Å²) in [5, 5.41) is 10.3. The summed E-state index contributed by atoms with van der Waals surface area (Å²) < 4.78 is 0. The first kappa shape index (κ1) is 21.9. The van der Waals surface area contributed by atoms with Gasteiger partial charge in [-0.1, -0.05) is 6.07 Å². The molecule has 1 saturated heterocycles. The van der Waals surface area contributed by atoms with E-state index in [-0.39, 0.29) is 49.1 Å². The molecule has 138 valence electrons. The topological polar surface area (TPSA) is 74.3 Å². The SMILES string of the molecule is C[C@@H]1CNCCN1C(=O)Cc1csc(NC(=O)c2cccs2)n1.Cl.Cl. The molecule has 2 aromatic heterocycles. The molecule has 1 atom stereocenters. The van der Waals surface area contributed by atoms with Crippen LogP contribution in [0.15, 0.2) is 22.9 Å². The van der Waals surface area contributed by atoms with E-state index in [1.807, 2.05) is 28.7 Å². The molecule has 0 bridgehead atoms. The van der Waals surface area contributed by atoms with Gasteiger partial charge in [0.15, 0.2) is 5.13 Å². The van der Waals surface area contributed by atoms with Crippen LogP contribution in [0.4, 0.5) is 5.13 Å². The van der Waals surface area contributed by atoms with Crippen molar-refractivity contribution >= 4 is 64.4 Å². The van der Waals surface area contributed by atoms with Crippen molar-refractivity contribution in [1.29, 1.82) is 0 Å². The van der Waals surface area contributed by atoms with Gasteiger partial charge in [0.1, 0.15) is 0 Å². The summed E-state index contributed by atoms with van der Waals surface area (Å²) in [4.78, 5) is 31.2. The average molecular weight is 423 g/mol. The lowest BCUT2D eigenvalue weighted by Crippen LogP contribution is -2.52. The number of carbonyl (C=O) groups excluding carboxylic acids is 2. The van der Waals surface area contributed by atoms with Gasteiger partial charge in [0, 0.05) is 31.1 Å². The van der Waals surface area contributed by atoms with Crippen LogP contribution in [-0.2, 0) is 11.2 Å². The second-order valence-electron chi connectivity index (χ2n) is 5.39. The van der Waals surface area contributed by atoms with Crippen LogP contribution in [0.2, 0.25) is 0 Å². The van der Waals surface area contributed by atoms with E-state index in [1.54, 1.807) is 6.07 Å². The Labute approximate surface area is 166 Å². The van der Waals surface area contributed by atoms with E-state index >= 15 is 0 Å². The van der Waals surface area contributed by atoms with Crippen molar-refractivity contribution in [3.63, 3.8) is 0 Å². The van der Waals surface area contributed by atoms with Gasteiger partial charge in [-0.3, -0.25) is 14.9 Å². The number of rotatable bonds is 4. The minimum absolute atomic E-state index is 0. The quantitative estimate of drug-likeness (QED) is 0.793. The summed E-state index contributed by atoms with van der Waals surface area (Å²) in [5.41, 5.74) is 0.701. The Bertz CT molecular complexity index is 694. The molecular weight excluding hydrogens is 403 g/mol. The van der Waals surface area contributed by atoms with E-state index in [0.29, 0.717) is 15.7 Å². The number of amides is 2. The van der Waals surface area contributed by atoms with E-state index < -0.39 is 0 Å². The normalized spacial score (nSPS) is 16.5. The number of carbonyl (C=O) groups is 2. The number of thiazole rings is 1. The first-order chi connectivity index (χ1) is 11.1. The maximum absolute atomic E-state index is 12.4. The number of piperazine rings is 1. The zero-order valence-electron chi connectivity index (χ0n) is 13.6. The van der Waals surface area contributed by atoms with Crippen molar-refractivity contribution in [2.45, 2.75) is 19.4 Å². The highest BCUT2D eigenvalue weighted by atomic mass is 35.5. The molecule has 3 heterocycles. The van der Waals surface area contributed by atoms with Gasteiger partial charge in [-0.05, 0) is 18.4 Å². The zero-order chi connectivity index (χ0) is 16.2. The highest BCUT2D eigenvalue weighted by molar-refractivity contribution is 7.14. The van der Waals surface area contributed by atoms with Crippen LogP contribution in [0, 0.1) is 0 Å². The molecule has 0 spiro atoms. The van der Waals surface area contributed by atoms with Gasteiger partial charge < -0.3 is 10.2 Å². The highest BCUT2D eigenvalue weighted by Gasteiger charge is 2.23. The van der Waals surface area contributed by atoms with Gasteiger partial charge in [-0.25, -0.2) is 4.98 Å². The van der Waals surface area contributed by atoms with Crippen LogP contribution in [0.5, 0.6) is 0 Å². The highest BCUT2D eigenvalue weighted by Crippen LogP contribution is 2.19. The largest absolute Gasteiger partial charge is 0.337 e. The molecule has 1 aliphatic rings. The maximum Gasteiger partial charge on any atom is 0.267 e. The number of thiophene rings is 1. The molecule has 0 radical (unpaired) electrons. The molecule has 2 amide bonds. The molecule has 6 nitrogen and oxygen atoms in total. The number of hydrogen-bond donors (Lipinski definition) is 2. The minimum Gasteiger partial charge on any atom is -0.337 e. The van der Waals surface area contributed by atoms with Crippen LogP contribution in [0.3, 0.4) is 0 Å². The second-order valence-corrected chi connectivity index (χ2v) is 7.20. The number of nitrogens with one attached hydrogen (secondary N) is 2. The van der Waals surface area contributed by atoms with Crippen molar-refractivity contribution in [1.82, 2.24) is 15.2 Å². The van der Waals surface area contributed by atoms with Gasteiger partial charge in [0.05, 0.1) is 17.0 Å². The summed E-state index contributed by atoms with van der Waals surface area (Å²) in [7, 11) is 0. The van der Waals surface area contributed by atoms with Crippen molar-refractivity contribution in [2.24, 2.45) is 0 Å². The summed E-state index contributed by atoms with van der Waals surface area (Å²) >= 11 is 2.73. The molecule has 3 rings (SSSR count). The zero-order valence-corrected chi connectivity index (χ0v) is 16.8. The predicted octanol–water partition coefficient (Wildman–Crippen LogP) is 2.66. The predicted molar refractivity (Wildman–Crippen MR) is 107 cm³/mol. The molecule has 1 aliphatic heterocycles. The van der Waals surface area contributed by atoms with Crippen molar-refractivity contribution in [3.8, 4) is 0 Å². The first-order valence-electron chi connectivity index (χ1n) is 7.43. The third-order valence-corrected chi connectivity index (χ3v) is 5.35. The minimum atomic E-state index is -0.164. The number of halogens is 2. The van der Waals surface area contributed by atoms with Crippen molar-refractivity contribution in [2.75, 3.05) is 25.0 Å². The Hall–Kier alpha value is -1.19. The fourth-order valence-electron chi connectivity index (χ4n) is 2.48. The molecule has 2 N–H and O–H groups in total. The summed E-state index contributed by atoms with van der Waals surface area (Å²) in [6, 6.07) is 3.80. The van der Waals surface area contributed by atoms with Gasteiger partial charge in [0.25, 0.3) is 5.91 Å². The van der Waals surface area contributed by atoms with Gasteiger partial charge in [0.2, 0.25) is 5.91 Å². The van der Waals surface area contributed by atoms with E-state index in [9.17, 15) is 9.59 Å². The smallest absolute Gasteiger partial charge is 0.267 e. The Kier molecular flexibility index (Phi) is 8.81. The lowest BCUT2D eigenvalue weighted by molar-refractivity contribution is -0.133. The Morgan fingerprint density at radius 3 is 2.88 bits per heavy atom. The average Bonchev–Trinajstić information content (AvgIpc) is 3.19. The van der Waals surface area contributed by atoms with Crippen LogP contribution < -0.4 is 10.6 Å². The van der Waals surface area contributed by atoms with Crippen LogP contribution in [-0.4, -0.2) is 47.4 Å². The van der Waals surface area contributed by atoms with E-state index in [0.717, 1.165) is 19.6 Å². The van der Waals surface area contributed by atoms with E-state index in [4.69, 9.17) is 0 Å². The second kappa shape index (κ2) is 10.1. The van der Waals surface area contributed by atoms with Crippen LogP contribution >= 0.6 is 47.5 Å². The van der Waals surface area contributed by atoms with Crippen molar-refractivity contribution < 1.29 is 9.59 Å². The van der Waals surface area contributed by atoms with E-state index in [2.05, 4.69) is 15.6 Å². The number of anilines is 1. The number of aromatic nitrogens is 1. The number of nitrogens with zero attached hydrogens (tertiary/aromatic N) is 2. The molecule has 0 aliphatic carbocycles. The number of hydrogen-bond acceptors (Lipinski definition) is 6. The lowest BCUT2D eigenvalue weighted by atomic mass is 10.2. The lowest BCUT2D eigenvalue weighted by Gasteiger charge is -2.33.